The molecule has 6 heteroatoms. The van der Waals surface area contributed by atoms with Gasteiger partial charge in [0.05, 0.1) is 16.8 Å². The molecule has 2 N–H and O–H groups in total. The Morgan fingerprint density at radius 1 is 1.00 bits per heavy atom. The van der Waals surface area contributed by atoms with E-state index in [9.17, 15) is 0 Å². The fraction of sp³-hybridized carbons (Fsp3) is 0.111. The summed E-state index contributed by atoms with van der Waals surface area (Å²) in [6, 6.07) is 17.3. The number of hydrogen-bond acceptors (Lipinski definition) is 4. The minimum Gasteiger partial charge on any atom is -0.348 e. The van der Waals surface area contributed by atoms with Gasteiger partial charge in [-0.1, -0.05) is 53.5 Å². The van der Waals surface area contributed by atoms with E-state index in [-0.39, 0.29) is 6.04 Å². The maximum atomic E-state index is 6.18. The molecule has 1 heterocycles. The zero-order chi connectivity index (χ0) is 16.9. The molecule has 1 atom stereocenters. The molecule has 4 nitrogen and oxygen atoms in total. The summed E-state index contributed by atoms with van der Waals surface area (Å²) < 4.78 is 0. The molecule has 24 heavy (non-hydrogen) atoms. The second kappa shape index (κ2) is 7.51. The van der Waals surface area contributed by atoms with Gasteiger partial charge in [0.2, 0.25) is 5.95 Å². The first-order valence-corrected chi connectivity index (χ1v) is 8.24. The highest BCUT2D eigenvalue weighted by atomic mass is 35.5. The Morgan fingerprint density at radius 3 is 2.54 bits per heavy atom. The summed E-state index contributed by atoms with van der Waals surface area (Å²) in [5.41, 5.74) is 1.90. The molecule has 0 spiro atoms. The van der Waals surface area contributed by atoms with Gasteiger partial charge in [-0.2, -0.15) is 4.98 Å². The quantitative estimate of drug-likeness (QED) is 0.614. The second-order valence-electron chi connectivity index (χ2n) is 5.29. The van der Waals surface area contributed by atoms with Crippen molar-refractivity contribution in [3.05, 3.63) is 76.4 Å². The van der Waals surface area contributed by atoms with Gasteiger partial charge in [0, 0.05) is 11.2 Å². The first-order chi connectivity index (χ1) is 11.6. The highest BCUT2D eigenvalue weighted by Gasteiger charge is 2.08. The predicted molar refractivity (Wildman–Crippen MR) is 100 cm³/mol. The number of anilines is 3. The largest absolute Gasteiger partial charge is 0.348 e. The van der Waals surface area contributed by atoms with E-state index < -0.39 is 0 Å². The van der Waals surface area contributed by atoms with E-state index in [2.05, 4.69) is 39.7 Å². The fourth-order valence-electron chi connectivity index (χ4n) is 2.25. The van der Waals surface area contributed by atoms with Crippen LogP contribution in [0.15, 0.2) is 60.8 Å². The van der Waals surface area contributed by atoms with Crippen LogP contribution < -0.4 is 10.6 Å². The third kappa shape index (κ3) is 4.16. The summed E-state index contributed by atoms with van der Waals surface area (Å²) in [6.45, 7) is 2.06. The van der Waals surface area contributed by atoms with Gasteiger partial charge in [0.15, 0.2) is 0 Å². The smallest absolute Gasteiger partial charge is 0.225 e. The number of hydrogen-bond donors (Lipinski definition) is 2. The van der Waals surface area contributed by atoms with E-state index in [1.165, 1.54) is 5.56 Å². The number of halogens is 2. The van der Waals surface area contributed by atoms with Crippen molar-refractivity contribution in [1.29, 1.82) is 0 Å². The Bertz CT molecular complexity index is 824. The average molecular weight is 359 g/mol. The van der Waals surface area contributed by atoms with Crippen LogP contribution in [-0.2, 0) is 0 Å². The number of rotatable bonds is 5. The molecule has 2 aromatic carbocycles. The van der Waals surface area contributed by atoms with Crippen LogP contribution in [0.3, 0.4) is 0 Å². The van der Waals surface area contributed by atoms with Crippen molar-refractivity contribution < 1.29 is 0 Å². The molecule has 1 aromatic heterocycles. The lowest BCUT2D eigenvalue weighted by atomic mass is 10.1. The summed E-state index contributed by atoms with van der Waals surface area (Å²) in [5.74, 6) is 1.19. The lowest BCUT2D eigenvalue weighted by Gasteiger charge is -2.15. The van der Waals surface area contributed by atoms with Gasteiger partial charge >= 0.3 is 0 Å². The van der Waals surface area contributed by atoms with Crippen molar-refractivity contribution in [1.82, 2.24) is 9.97 Å². The lowest BCUT2D eigenvalue weighted by Crippen LogP contribution is -2.10. The molecule has 0 amide bonds. The van der Waals surface area contributed by atoms with Gasteiger partial charge in [0.1, 0.15) is 5.82 Å². The Labute approximate surface area is 150 Å². The van der Waals surface area contributed by atoms with Crippen LogP contribution >= 0.6 is 23.2 Å². The topological polar surface area (TPSA) is 49.8 Å². The van der Waals surface area contributed by atoms with Crippen LogP contribution in [0.5, 0.6) is 0 Å². The first kappa shape index (κ1) is 16.6. The minimum atomic E-state index is 0.0977. The number of nitrogens with zero attached hydrogens (tertiary/aromatic N) is 2. The lowest BCUT2D eigenvalue weighted by molar-refractivity contribution is 0.861. The molecule has 0 saturated heterocycles. The Balaban J connectivity index is 1.74. The van der Waals surface area contributed by atoms with Crippen molar-refractivity contribution in [2.24, 2.45) is 0 Å². The molecule has 0 bridgehead atoms. The van der Waals surface area contributed by atoms with Crippen LogP contribution in [0.25, 0.3) is 0 Å². The van der Waals surface area contributed by atoms with Crippen molar-refractivity contribution in [3.63, 3.8) is 0 Å². The van der Waals surface area contributed by atoms with Crippen molar-refractivity contribution >= 4 is 40.7 Å². The Hall–Kier alpha value is -2.30. The zero-order valence-corrected chi connectivity index (χ0v) is 14.5. The average Bonchev–Trinajstić information content (AvgIpc) is 2.58. The molecular formula is C18H16Cl2N4. The molecule has 3 aromatic rings. The van der Waals surface area contributed by atoms with Gasteiger partial charge < -0.3 is 10.6 Å². The summed E-state index contributed by atoms with van der Waals surface area (Å²) >= 11 is 12.1. The van der Waals surface area contributed by atoms with Crippen molar-refractivity contribution in [3.8, 4) is 0 Å². The molecule has 1 unspecified atom stereocenters. The second-order valence-corrected chi connectivity index (χ2v) is 6.14. The Morgan fingerprint density at radius 2 is 1.79 bits per heavy atom. The van der Waals surface area contributed by atoms with Gasteiger partial charge in [-0.3, -0.25) is 0 Å². The van der Waals surface area contributed by atoms with Crippen LogP contribution in [-0.4, -0.2) is 9.97 Å². The molecule has 122 valence electrons. The summed E-state index contributed by atoms with van der Waals surface area (Å²) in [7, 11) is 0. The molecule has 0 fully saturated rings. The van der Waals surface area contributed by atoms with Crippen LogP contribution in [0.1, 0.15) is 18.5 Å². The third-order valence-electron chi connectivity index (χ3n) is 3.49. The van der Waals surface area contributed by atoms with Crippen molar-refractivity contribution in [2.75, 3.05) is 10.6 Å². The SMILES string of the molecule is CC(Nc1nccc(Nc2ccc(Cl)cc2Cl)n1)c1ccccc1. The number of aromatic nitrogens is 2. The van der Waals surface area contributed by atoms with Crippen LogP contribution in [0, 0.1) is 0 Å². The monoisotopic (exact) mass is 358 g/mol. The fourth-order valence-corrected chi connectivity index (χ4v) is 2.70. The number of benzene rings is 2. The highest BCUT2D eigenvalue weighted by Crippen LogP contribution is 2.28. The number of nitrogens with one attached hydrogen (secondary N) is 2. The van der Waals surface area contributed by atoms with Gasteiger partial charge in [-0.05, 0) is 36.8 Å². The van der Waals surface area contributed by atoms with E-state index in [1.807, 2.05) is 24.3 Å². The Kier molecular flexibility index (Phi) is 5.18. The molecule has 0 saturated carbocycles. The van der Waals surface area contributed by atoms with Crippen molar-refractivity contribution in [2.45, 2.75) is 13.0 Å². The van der Waals surface area contributed by atoms with Crippen LogP contribution in [0.4, 0.5) is 17.5 Å². The van der Waals surface area contributed by atoms with E-state index >= 15 is 0 Å². The first-order valence-electron chi connectivity index (χ1n) is 7.48. The molecule has 3 rings (SSSR count). The third-order valence-corrected chi connectivity index (χ3v) is 4.04. The molecule has 0 aliphatic heterocycles. The zero-order valence-electron chi connectivity index (χ0n) is 13.0. The summed E-state index contributed by atoms with van der Waals surface area (Å²) in [5, 5.41) is 7.59. The standard InChI is InChI=1S/C18H16Cl2N4/c1-12(13-5-3-2-4-6-13)22-18-21-10-9-17(24-18)23-16-8-7-14(19)11-15(16)20/h2-12H,1H3,(H2,21,22,23,24). The minimum absolute atomic E-state index is 0.0977. The molecule has 0 aliphatic rings. The maximum Gasteiger partial charge on any atom is 0.225 e. The van der Waals surface area contributed by atoms with Gasteiger partial charge in [-0.15, -0.1) is 0 Å². The van der Waals surface area contributed by atoms with E-state index in [1.54, 1.807) is 24.4 Å². The van der Waals surface area contributed by atoms with E-state index in [0.29, 0.717) is 21.8 Å². The normalized spacial score (nSPS) is 11.8. The predicted octanol–water partition coefficient (Wildman–Crippen LogP) is 5.70. The van der Waals surface area contributed by atoms with Crippen LogP contribution in [0.2, 0.25) is 10.0 Å². The molecular weight excluding hydrogens is 343 g/mol. The van der Waals surface area contributed by atoms with Gasteiger partial charge in [0.25, 0.3) is 0 Å². The van der Waals surface area contributed by atoms with E-state index in [4.69, 9.17) is 23.2 Å². The molecule has 0 radical (unpaired) electrons. The summed E-state index contributed by atoms with van der Waals surface area (Å²) in [4.78, 5) is 8.74. The van der Waals surface area contributed by atoms with Gasteiger partial charge in [-0.25, -0.2) is 4.98 Å². The molecule has 0 aliphatic carbocycles. The highest BCUT2D eigenvalue weighted by molar-refractivity contribution is 6.36. The maximum absolute atomic E-state index is 6.18. The van der Waals surface area contributed by atoms with E-state index in [0.717, 1.165) is 5.69 Å². The summed E-state index contributed by atoms with van der Waals surface area (Å²) in [6.07, 6.45) is 1.69.